The summed E-state index contributed by atoms with van der Waals surface area (Å²) >= 11 is 0. The van der Waals surface area contributed by atoms with Gasteiger partial charge < -0.3 is 0 Å². The Hall–Kier alpha value is -2.16. The number of Topliss-reactive ketones (excluding diaryl/α,β-unsaturated/α-hetero) is 1. The summed E-state index contributed by atoms with van der Waals surface area (Å²) in [5.74, 6) is -48.8. The number of carbonyl (C=O) groups is 1. The number of benzene rings is 1. The van der Waals surface area contributed by atoms with E-state index in [-0.39, 0.29) is 0 Å². The molecule has 0 heterocycles. The lowest BCUT2D eigenvalue weighted by Crippen LogP contribution is -2.73. The minimum atomic E-state index is -8.43. The maximum Gasteiger partial charge on any atom is 0.460 e. The maximum absolute atomic E-state index is 14.3. The molecule has 2 fully saturated rings. The molecule has 2 aliphatic carbocycles. The van der Waals surface area contributed by atoms with Gasteiger partial charge in [-0.3, -0.25) is 4.79 Å². The molecule has 0 unspecified atom stereocenters. The molecule has 0 aromatic heterocycles. The molecule has 0 bridgehead atoms. The quantitative estimate of drug-likeness (QED) is 0.168. The first-order valence-corrected chi connectivity index (χ1v) is 14.3. The molecule has 16 heteroatoms. The van der Waals surface area contributed by atoms with Crippen molar-refractivity contribution in [2.75, 3.05) is 0 Å². The molecule has 0 spiro atoms. The number of hydrogen-bond acceptors (Lipinski definition) is 1. The summed E-state index contributed by atoms with van der Waals surface area (Å²) in [6, 6.07) is 2.90. The Labute approximate surface area is 248 Å². The van der Waals surface area contributed by atoms with Gasteiger partial charge in [0.15, 0.2) is 0 Å². The van der Waals surface area contributed by atoms with E-state index in [0.717, 1.165) is 43.7 Å². The second kappa shape index (κ2) is 12.5. The second-order valence-electron chi connectivity index (χ2n) is 12.3. The Bertz CT molecular complexity index is 1160. The lowest BCUT2D eigenvalue weighted by Gasteiger charge is -2.41. The zero-order valence-electron chi connectivity index (χ0n) is 23.8. The van der Waals surface area contributed by atoms with Gasteiger partial charge in [0.05, 0.1) is 0 Å². The van der Waals surface area contributed by atoms with Crippen LogP contribution >= 0.6 is 0 Å². The van der Waals surface area contributed by atoms with Gasteiger partial charge in [0, 0.05) is 5.56 Å². The molecular weight excluding hydrogens is 649 g/mol. The summed E-state index contributed by atoms with van der Waals surface area (Å²) in [6.45, 7) is 2.23. The van der Waals surface area contributed by atoms with Crippen molar-refractivity contribution in [3.8, 4) is 0 Å². The third-order valence-corrected chi connectivity index (χ3v) is 9.29. The predicted octanol–water partition coefficient (Wildman–Crippen LogP) is 10.8. The van der Waals surface area contributed by atoms with E-state index in [2.05, 4.69) is 6.92 Å². The highest BCUT2D eigenvalue weighted by Gasteiger charge is 2.94. The Balaban J connectivity index is 1.68. The first-order valence-electron chi connectivity index (χ1n) is 14.3. The molecule has 0 N–H and O–H groups in total. The van der Waals surface area contributed by atoms with Crippen molar-refractivity contribution < 1.29 is 70.7 Å². The van der Waals surface area contributed by atoms with Crippen LogP contribution in [0.25, 0.3) is 0 Å². The van der Waals surface area contributed by atoms with Crippen molar-refractivity contribution in [1.82, 2.24) is 0 Å². The Morgan fingerprint density at radius 2 is 0.978 bits per heavy atom. The van der Waals surface area contributed by atoms with Crippen LogP contribution in [0.3, 0.4) is 0 Å². The van der Waals surface area contributed by atoms with Crippen LogP contribution in [0.1, 0.15) is 80.6 Å². The summed E-state index contributed by atoms with van der Waals surface area (Å²) in [6.07, 6.45) is 2.09. The van der Waals surface area contributed by atoms with Crippen LogP contribution in [-0.4, -0.2) is 47.5 Å². The van der Waals surface area contributed by atoms with Gasteiger partial charge in [-0.1, -0.05) is 56.9 Å². The number of ketones is 1. The maximum atomic E-state index is 14.3. The molecule has 0 aliphatic heterocycles. The molecule has 45 heavy (non-hydrogen) atoms. The van der Waals surface area contributed by atoms with Gasteiger partial charge in [-0.15, -0.1) is 0 Å². The van der Waals surface area contributed by atoms with Gasteiger partial charge in [0.2, 0.25) is 5.78 Å². The molecule has 0 saturated heterocycles. The minimum absolute atomic E-state index is 0.319. The molecule has 1 nitrogen and oxygen atoms in total. The number of aryl methyl sites for hydroxylation is 1. The van der Waals surface area contributed by atoms with Crippen molar-refractivity contribution in [3.05, 3.63) is 35.4 Å². The van der Waals surface area contributed by atoms with Crippen molar-refractivity contribution in [2.45, 2.75) is 113 Å². The van der Waals surface area contributed by atoms with Crippen LogP contribution in [0.4, 0.5) is 65.9 Å². The molecule has 258 valence electrons. The molecule has 2 saturated carbocycles. The fourth-order valence-electron chi connectivity index (χ4n) is 6.19. The number of halogens is 15. The van der Waals surface area contributed by atoms with Crippen molar-refractivity contribution in [3.63, 3.8) is 0 Å². The second-order valence-corrected chi connectivity index (χ2v) is 12.3. The standard InChI is InChI=1S/C29H31F15O/c1-16-2-10-19(11-3-16)20-12-6-17(7-13-20)4-5-18-8-14-21(15-9-18)22(45)23(30,31)24(32,33)25(34,35)26(36,37)27(38,39)28(40,41)29(42,43)44/h8-9,14-17,19-20H,2-7,10-13H2,1H3/t16-,17?,19-,20?. The molecule has 0 radical (unpaired) electrons. The van der Waals surface area contributed by atoms with Crippen LogP contribution in [-0.2, 0) is 6.42 Å². The highest BCUT2D eigenvalue weighted by molar-refractivity contribution is 6.02. The molecule has 3 rings (SSSR count). The van der Waals surface area contributed by atoms with Gasteiger partial charge in [-0.2, -0.15) is 65.9 Å². The van der Waals surface area contributed by atoms with Crippen LogP contribution < -0.4 is 0 Å². The zero-order valence-corrected chi connectivity index (χ0v) is 23.8. The first-order chi connectivity index (χ1) is 20.3. The van der Waals surface area contributed by atoms with Crippen LogP contribution in [0.2, 0.25) is 0 Å². The first kappa shape index (κ1) is 37.3. The predicted molar refractivity (Wildman–Crippen MR) is 131 cm³/mol. The SMILES string of the molecule is C[C@H]1CC[C@H](C2CCC(CCc3ccc(C(=O)C(F)(F)C(F)(F)C(F)(F)C(F)(F)C(F)(F)C(F)(F)C(F)(F)F)cc3)CC2)CC1. The van der Waals surface area contributed by atoms with Crippen molar-refractivity contribution in [1.29, 1.82) is 0 Å². The van der Waals surface area contributed by atoms with E-state index >= 15 is 0 Å². The Morgan fingerprint density at radius 1 is 0.578 bits per heavy atom. The summed E-state index contributed by atoms with van der Waals surface area (Å²) in [5, 5.41) is 0. The van der Waals surface area contributed by atoms with Crippen LogP contribution in [0.15, 0.2) is 24.3 Å². The number of hydrogen-bond donors (Lipinski definition) is 0. The summed E-state index contributed by atoms with van der Waals surface area (Å²) in [4.78, 5) is 12.1. The summed E-state index contributed by atoms with van der Waals surface area (Å²) in [7, 11) is 0. The number of alkyl halides is 15. The Morgan fingerprint density at radius 3 is 1.42 bits per heavy atom. The van der Waals surface area contributed by atoms with Crippen LogP contribution in [0, 0.1) is 23.7 Å². The third-order valence-electron chi connectivity index (χ3n) is 9.29. The van der Waals surface area contributed by atoms with E-state index in [1.54, 1.807) is 0 Å². The van der Waals surface area contributed by atoms with Crippen LogP contribution in [0.5, 0.6) is 0 Å². The molecule has 0 amide bonds. The highest BCUT2D eigenvalue weighted by Crippen LogP contribution is 2.62. The minimum Gasteiger partial charge on any atom is -0.287 e. The van der Waals surface area contributed by atoms with Gasteiger partial charge in [-0.25, -0.2) is 0 Å². The monoisotopic (exact) mass is 680 g/mol. The van der Waals surface area contributed by atoms with Crippen molar-refractivity contribution >= 4 is 5.78 Å². The fourth-order valence-corrected chi connectivity index (χ4v) is 6.19. The topological polar surface area (TPSA) is 17.1 Å². The van der Waals surface area contributed by atoms with E-state index in [0.29, 0.717) is 48.3 Å². The number of carbonyl (C=O) groups excluding carboxylic acids is 1. The lowest BCUT2D eigenvalue weighted by molar-refractivity contribution is -0.449. The van der Waals surface area contributed by atoms with E-state index in [1.807, 2.05) is 0 Å². The van der Waals surface area contributed by atoms with E-state index in [9.17, 15) is 70.7 Å². The van der Waals surface area contributed by atoms with Gasteiger partial charge in [0.25, 0.3) is 0 Å². The molecule has 1 aromatic rings. The average Bonchev–Trinajstić information content (AvgIpc) is 2.95. The van der Waals surface area contributed by atoms with E-state index in [1.165, 1.54) is 25.7 Å². The van der Waals surface area contributed by atoms with Gasteiger partial charge in [0.1, 0.15) is 0 Å². The normalized spacial score (nSPS) is 24.9. The smallest absolute Gasteiger partial charge is 0.287 e. The lowest BCUT2D eigenvalue weighted by atomic mass is 9.69. The van der Waals surface area contributed by atoms with E-state index in [4.69, 9.17) is 0 Å². The molecular formula is C29H31F15O. The fraction of sp³-hybridized carbons (Fsp3) is 0.759. The van der Waals surface area contributed by atoms with Crippen molar-refractivity contribution in [2.24, 2.45) is 23.7 Å². The summed E-state index contributed by atoms with van der Waals surface area (Å²) in [5.41, 5.74) is -1.06. The molecule has 0 atom stereocenters. The number of rotatable bonds is 11. The largest absolute Gasteiger partial charge is 0.460 e. The third kappa shape index (κ3) is 6.53. The zero-order chi connectivity index (χ0) is 34.4. The van der Waals surface area contributed by atoms with E-state index < -0.39 is 53.1 Å². The van der Waals surface area contributed by atoms with Gasteiger partial charge in [-0.05, 0) is 67.8 Å². The molecule has 2 aliphatic rings. The highest BCUT2D eigenvalue weighted by atomic mass is 19.4. The molecule has 1 aromatic carbocycles. The summed E-state index contributed by atoms with van der Waals surface area (Å²) < 4.78 is 202. The van der Waals surface area contributed by atoms with Gasteiger partial charge >= 0.3 is 41.7 Å². The average molecular weight is 681 g/mol. The Kier molecular flexibility index (Phi) is 10.3.